The molecule has 0 aromatic carbocycles. The molecule has 0 aromatic heterocycles. The molecule has 82 valence electrons. The molecule has 0 aliphatic heterocycles. The zero-order valence-corrected chi connectivity index (χ0v) is 10.0. The Bertz CT molecular complexity index is 151. The van der Waals surface area contributed by atoms with Gasteiger partial charge >= 0.3 is 0 Å². The van der Waals surface area contributed by atoms with Gasteiger partial charge in [-0.05, 0) is 18.8 Å². The second-order valence-corrected chi connectivity index (χ2v) is 4.14. The van der Waals surface area contributed by atoms with Crippen molar-refractivity contribution in [1.82, 2.24) is 0 Å². The second kappa shape index (κ2) is 9.05. The predicted molar refractivity (Wildman–Crippen MR) is 66.5 cm³/mol. The summed E-state index contributed by atoms with van der Waals surface area (Å²) in [6.07, 6.45) is 11.1. The lowest BCUT2D eigenvalue weighted by Gasteiger charge is -2.11. The highest BCUT2D eigenvalue weighted by molar-refractivity contribution is 5.10. The molecule has 0 atom stereocenters. The average Bonchev–Trinajstić information content (AvgIpc) is 2.23. The van der Waals surface area contributed by atoms with Crippen LogP contribution in [0.15, 0.2) is 24.8 Å². The molecule has 0 radical (unpaired) electrons. The summed E-state index contributed by atoms with van der Waals surface area (Å²) in [6.45, 7) is 12.2. The highest BCUT2D eigenvalue weighted by Crippen LogP contribution is 2.17. The standard InChI is InChI=1S/C14H26/c1-5-13(4)11-9-8-10-12-14(6-2)7-3/h5,14H,1,4,6-12H2,2-3H3. The fraction of sp³-hybridized carbons (Fsp3) is 0.714. The van der Waals surface area contributed by atoms with Gasteiger partial charge in [0.25, 0.3) is 0 Å². The van der Waals surface area contributed by atoms with Crippen LogP contribution in [0.4, 0.5) is 0 Å². The van der Waals surface area contributed by atoms with Gasteiger partial charge in [-0.3, -0.25) is 0 Å². The summed E-state index contributed by atoms with van der Waals surface area (Å²) in [4.78, 5) is 0. The third kappa shape index (κ3) is 6.94. The Morgan fingerprint density at radius 2 is 1.79 bits per heavy atom. The average molecular weight is 194 g/mol. The van der Waals surface area contributed by atoms with Gasteiger partial charge in [0.1, 0.15) is 0 Å². The Morgan fingerprint density at radius 3 is 2.29 bits per heavy atom. The lowest BCUT2D eigenvalue weighted by atomic mass is 9.95. The molecule has 0 nitrogen and oxygen atoms in total. The largest absolute Gasteiger partial charge is 0.0988 e. The molecule has 0 heterocycles. The number of allylic oxidation sites excluding steroid dienone is 2. The summed E-state index contributed by atoms with van der Waals surface area (Å²) in [5.74, 6) is 0.956. The van der Waals surface area contributed by atoms with Crippen LogP contribution in [-0.4, -0.2) is 0 Å². The summed E-state index contributed by atoms with van der Waals surface area (Å²) in [6, 6.07) is 0. The molecule has 0 bridgehead atoms. The molecule has 0 aromatic rings. The highest BCUT2D eigenvalue weighted by atomic mass is 14.1. The molecule has 0 unspecified atom stereocenters. The summed E-state index contributed by atoms with van der Waals surface area (Å²) in [7, 11) is 0. The van der Waals surface area contributed by atoms with Crippen LogP contribution >= 0.6 is 0 Å². The normalized spacial score (nSPS) is 10.5. The van der Waals surface area contributed by atoms with E-state index in [9.17, 15) is 0 Å². The van der Waals surface area contributed by atoms with Crippen LogP contribution in [0.3, 0.4) is 0 Å². The maximum absolute atomic E-state index is 3.92. The molecule has 0 heteroatoms. The first kappa shape index (κ1) is 13.5. The van der Waals surface area contributed by atoms with Crippen molar-refractivity contribution >= 4 is 0 Å². The quantitative estimate of drug-likeness (QED) is 0.353. The first-order valence-corrected chi connectivity index (χ1v) is 6.04. The van der Waals surface area contributed by atoms with Gasteiger partial charge in [-0.2, -0.15) is 0 Å². The van der Waals surface area contributed by atoms with Crippen molar-refractivity contribution in [3.05, 3.63) is 24.8 Å². The van der Waals surface area contributed by atoms with Gasteiger partial charge < -0.3 is 0 Å². The van der Waals surface area contributed by atoms with Crippen LogP contribution < -0.4 is 0 Å². The minimum atomic E-state index is 0.956. The fourth-order valence-corrected chi connectivity index (χ4v) is 1.76. The van der Waals surface area contributed by atoms with E-state index in [-0.39, 0.29) is 0 Å². The molecule has 0 N–H and O–H groups in total. The van der Waals surface area contributed by atoms with Crippen molar-refractivity contribution in [3.8, 4) is 0 Å². The zero-order chi connectivity index (χ0) is 10.8. The van der Waals surface area contributed by atoms with Gasteiger partial charge in [0.05, 0.1) is 0 Å². The maximum atomic E-state index is 3.92. The minimum Gasteiger partial charge on any atom is -0.0988 e. The van der Waals surface area contributed by atoms with Gasteiger partial charge in [-0.1, -0.05) is 70.8 Å². The summed E-state index contributed by atoms with van der Waals surface area (Å²) >= 11 is 0. The van der Waals surface area contributed by atoms with Crippen LogP contribution in [0, 0.1) is 5.92 Å². The van der Waals surface area contributed by atoms with Crippen molar-refractivity contribution in [2.24, 2.45) is 5.92 Å². The van der Waals surface area contributed by atoms with Crippen LogP contribution in [0.2, 0.25) is 0 Å². The molecule has 0 fully saturated rings. The van der Waals surface area contributed by atoms with E-state index in [1.54, 1.807) is 0 Å². The lowest BCUT2D eigenvalue weighted by Crippen LogP contribution is -1.96. The molecule has 0 aliphatic rings. The van der Waals surface area contributed by atoms with E-state index in [1.165, 1.54) is 44.1 Å². The van der Waals surface area contributed by atoms with Crippen molar-refractivity contribution in [1.29, 1.82) is 0 Å². The van der Waals surface area contributed by atoms with Crippen molar-refractivity contribution in [2.45, 2.75) is 58.8 Å². The molecule has 0 saturated heterocycles. The molecule has 0 amide bonds. The van der Waals surface area contributed by atoms with Gasteiger partial charge in [-0.15, -0.1) is 0 Å². The maximum Gasteiger partial charge on any atom is -0.0285 e. The topological polar surface area (TPSA) is 0 Å². The molecule has 0 rings (SSSR count). The molecule has 0 spiro atoms. The predicted octanol–water partition coefficient (Wildman–Crippen LogP) is 5.12. The van der Waals surface area contributed by atoms with E-state index in [2.05, 4.69) is 27.0 Å². The van der Waals surface area contributed by atoms with E-state index in [1.807, 2.05) is 6.08 Å². The van der Waals surface area contributed by atoms with Gasteiger partial charge in [0, 0.05) is 0 Å². The molecule has 0 saturated carbocycles. The number of rotatable bonds is 9. The number of hydrogen-bond acceptors (Lipinski definition) is 0. The first-order valence-electron chi connectivity index (χ1n) is 6.04. The molecule has 14 heavy (non-hydrogen) atoms. The van der Waals surface area contributed by atoms with Crippen molar-refractivity contribution in [3.63, 3.8) is 0 Å². The van der Waals surface area contributed by atoms with Crippen molar-refractivity contribution < 1.29 is 0 Å². The SMILES string of the molecule is C=CC(=C)CCCCCC(CC)CC. The minimum absolute atomic E-state index is 0.956. The van der Waals surface area contributed by atoms with E-state index in [0.29, 0.717) is 0 Å². The lowest BCUT2D eigenvalue weighted by molar-refractivity contribution is 0.430. The van der Waals surface area contributed by atoms with Crippen LogP contribution in [0.5, 0.6) is 0 Å². The summed E-state index contributed by atoms with van der Waals surface area (Å²) in [5.41, 5.74) is 1.19. The Hall–Kier alpha value is -0.520. The van der Waals surface area contributed by atoms with E-state index >= 15 is 0 Å². The molecular weight excluding hydrogens is 168 g/mol. The fourth-order valence-electron chi connectivity index (χ4n) is 1.76. The molecule has 0 aliphatic carbocycles. The Kier molecular flexibility index (Phi) is 8.72. The second-order valence-electron chi connectivity index (χ2n) is 4.14. The Morgan fingerprint density at radius 1 is 1.14 bits per heavy atom. The monoisotopic (exact) mass is 194 g/mol. The first-order chi connectivity index (χ1) is 6.74. The molecular formula is C14H26. The zero-order valence-electron chi connectivity index (χ0n) is 10.0. The summed E-state index contributed by atoms with van der Waals surface area (Å²) < 4.78 is 0. The van der Waals surface area contributed by atoms with Crippen LogP contribution in [0.1, 0.15) is 58.8 Å². The van der Waals surface area contributed by atoms with E-state index in [0.717, 1.165) is 12.3 Å². The van der Waals surface area contributed by atoms with Crippen LogP contribution in [-0.2, 0) is 0 Å². The Balaban J connectivity index is 3.28. The van der Waals surface area contributed by atoms with Crippen molar-refractivity contribution in [2.75, 3.05) is 0 Å². The van der Waals surface area contributed by atoms with Gasteiger partial charge in [0.2, 0.25) is 0 Å². The smallest absolute Gasteiger partial charge is 0.0285 e. The number of hydrogen-bond donors (Lipinski definition) is 0. The van der Waals surface area contributed by atoms with E-state index in [4.69, 9.17) is 0 Å². The highest BCUT2D eigenvalue weighted by Gasteiger charge is 2.02. The Labute approximate surface area is 90.1 Å². The third-order valence-electron chi connectivity index (χ3n) is 3.05. The summed E-state index contributed by atoms with van der Waals surface area (Å²) in [5, 5.41) is 0. The van der Waals surface area contributed by atoms with E-state index < -0.39 is 0 Å². The van der Waals surface area contributed by atoms with Gasteiger partial charge in [0.15, 0.2) is 0 Å². The third-order valence-corrected chi connectivity index (χ3v) is 3.05. The van der Waals surface area contributed by atoms with Crippen LogP contribution in [0.25, 0.3) is 0 Å². The van der Waals surface area contributed by atoms with Gasteiger partial charge in [-0.25, -0.2) is 0 Å². The number of unbranched alkanes of at least 4 members (excludes halogenated alkanes) is 2.